The van der Waals surface area contributed by atoms with Gasteiger partial charge < -0.3 is 9.84 Å². The summed E-state index contributed by atoms with van der Waals surface area (Å²) in [4.78, 5) is -0.370. The van der Waals surface area contributed by atoms with E-state index in [1.165, 1.54) is 38.2 Å². The predicted molar refractivity (Wildman–Crippen MR) is 109 cm³/mol. The number of para-hydroxylation sites is 1. The first-order chi connectivity index (χ1) is 13.4. The molecular weight excluding hydrogens is 415 g/mol. The standard InChI is InChI=1S/C22H30O5S.K/c1-2-3-4-5-6-7-8-10-13-18-16-22(28(24,25)26)21(17-20(18)23)27-19-14-11-9-12-15-19;/h9,11-12,14-17,23H,2-8,10,13H2,1H3,(H,24,25,26);/q;+1/p-1. The van der Waals surface area contributed by atoms with Gasteiger partial charge in [0.1, 0.15) is 16.4 Å². The molecule has 5 nitrogen and oxygen atoms in total. The molecule has 0 saturated heterocycles. The Morgan fingerprint density at radius 2 is 1.52 bits per heavy atom. The fourth-order valence-corrected chi connectivity index (χ4v) is 3.77. The van der Waals surface area contributed by atoms with Crippen LogP contribution in [-0.2, 0) is 16.5 Å². The molecular formula is C22H29KO5S. The van der Waals surface area contributed by atoms with E-state index < -0.39 is 10.1 Å². The molecule has 2 aromatic rings. The Bertz CT molecular complexity index is 838. The largest absolute Gasteiger partial charge is 1.00 e. The van der Waals surface area contributed by atoms with Crippen molar-refractivity contribution >= 4 is 10.1 Å². The van der Waals surface area contributed by atoms with Crippen molar-refractivity contribution < 1.29 is 74.2 Å². The zero-order valence-electron chi connectivity index (χ0n) is 17.4. The number of ether oxygens (including phenoxy) is 1. The Labute approximate surface area is 217 Å². The first-order valence-electron chi connectivity index (χ1n) is 9.96. The molecule has 0 amide bonds. The van der Waals surface area contributed by atoms with Gasteiger partial charge in [0.05, 0.1) is 0 Å². The number of rotatable bonds is 12. The monoisotopic (exact) mass is 444 g/mol. The minimum atomic E-state index is -4.50. The normalized spacial score (nSPS) is 11.1. The fraction of sp³-hybridized carbons (Fsp3) is 0.455. The zero-order valence-corrected chi connectivity index (χ0v) is 21.3. The predicted octanol–water partition coefficient (Wildman–Crippen LogP) is 2.49. The molecule has 154 valence electrons. The quantitative estimate of drug-likeness (QED) is 0.309. The van der Waals surface area contributed by atoms with E-state index in [1.54, 1.807) is 30.3 Å². The summed E-state index contributed by atoms with van der Waals surface area (Å²) in [6, 6.07) is 10.9. The Morgan fingerprint density at radius 1 is 0.931 bits per heavy atom. The zero-order chi connectivity index (χ0) is 20.4. The van der Waals surface area contributed by atoms with E-state index in [4.69, 9.17) is 4.74 Å². The molecule has 0 aliphatic carbocycles. The van der Waals surface area contributed by atoms with E-state index in [9.17, 15) is 18.1 Å². The van der Waals surface area contributed by atoms with E-state index in [2.05, 4.69) is 6.92 Å². The summed E-state index contributed by atoms with van der Waals surface area (Å²) in [5, 5.41) is 12.4. The van der Waals surface area contributed by atoms with Crippen LogP contribution in [0.15, 0.2) is 47.4 Å². The maximum Gasteiger partial charge on any atom is 1.00 e. The SMILES string of the molecule is CCCCCCCCCCc1cc(S(=O)(=O)O)c(Oc2ccccc2)cc1[O-].[K+]. The first kappa shape index (κ1) is 26.6. The van der Waals surface area contributed by atoms with Crippen LogP contribution in [0.1, 0.15) is 63.9 Å². The summed E-state index contributed by atoms with van der Waals surface area (Å²) in [5.41, 5.74) is 0.388. The van der Waals surface area contributed by atoms with Gasteiger partial charge in [0.2, 0.25) is 0 Å². The van der Waals surface area contributed by atoms with Crippen molar-refractivity contribution in [3.8, 4) is 17.2 Å². The molecule has 0 aromatic heterocycles. The summed E-state index contributed by atoms with van der Waals surface area (Å²) < 4.78 is 38.7. The van der Waals surface area contributed by atoms with Crippen LogP contribution in [0.2, 0.25) is 0 Å². The van der Waals surface area contributed by atoms with E-state index >= 15 is 0 Å². The molecule has 1 N–H and O–H groups in total. The number of benzene rings is 2. The van der Waals surface area contributed by atoms with Gasteiger partial charge in [-0.25, -0.2) is 0 Å². The topological polar surface area (TPSA) is 86.7 Å². The fourth-order valence-electron chi connectivity index (χ4n) is 3.12. The summed E-state index contributed by atoms with van der Waals surface area (Å²) >= 11 is 0. The molecule has 0 radical (unpaired) electrons. The molecule has 2 rings (SSSR count). The molecule has 0 bridgehead atoms. The second kappa shape index (κ2) is 13.8. The van der Waals surface area contributed by atoms with Gasteiger partial charge in [-0.2, -0.15) is 8.42 Å². The van der Waals surface area contributed by atoms with Gasteiger partial charge in [-0.05, 0) is 37.1 Å². The van der Waals surface area contributed by atoms with E-state index in [1.807, 2.05) is 0 Å². The Hall–Kier alpha value is -0.414. The molecule has 0 saturated carbocycles. The third-order valence-electron chi connectivity index (χ3n) is 4.68. The smallest absolute Gasteiger partial charge is 0.872 e. The second-order valence-electron chi connectivity index (χ2n) is 7.02. The number of unbranched alkanes of at least 4 members (excludes halogenated alkanes) is 7. The average Bonchev–Trinajstić information content (AvgIpc) is 2.65. The van der Waals surface area contributed by atoms with Crippen LogP contribution < -0.4 is 61.2 Å². The molecule has 0 aliphatic heterocycles. The van der Waals surface area contributed by atoms with E-state index in [0.717, 1.165) is 25.3 Å². The van der Waals surface area contributed by atoms with Gasteiger partial charge >= 0.3 is 51.4 Å². The second-order valence-corrected chi connectivity index (χ2v) is 8.41. The van der Waals surface area contributed by atoms with Crippen molar-refractivity contribution in [1.29, 1.82) is 0 Å². The van der Waals surface area contributed by atoms with Crippen molar-refractivity contribution in [3.05, 3.63) is 48.0 Å². The molecule has 0 aliphatic rings. The van der Waals surface area contributed by atoms with Gasteiger partial charge in [-0.15, -0.1) is 5.75 Å². The van der Waals surface area contributed by atoms with E-state index in [0.29, 0.717) is 17.7 Å². The molecule has 0 unspecified atom stereocenters. The Morgan fingerprint density at radius 3 is 2.10 bits per heavy atom. The van der Waals surface area contributed by atoms with Crippen LogP contribution in [-0.4, -0.2) is 13.0 Å². The molecule has 7 heteroatoms. The van der Waals surface area contributed by atoms with Crippen LogP contribution in [0.25, 0.3) is 0 Å². The van der Waals surface area contributed by atoms with Crippen molar-refractivity contribution in [2.45, 2.75) is 69.6 Å². The van der Waals surface area contributed by atoms with Crippen LogP contribution in [0.5, 0.6) is 17.2 Å². The van der Waals surface area contributed by atoms with Gasteiger partial charge in [0, 0.05) is 0 Å². The third-order valence-corrected chi connectivity index (χ3v) is 5.55. The summed E-state index contributed by atoms with van der Waals surface area (Å²) in [6.45, 7) is 2.19. The average molecular weight is 445 g/mol. The molecule has 2 aromatic carbocycles. The van der Waals surface area contributed by atoms with Crippen LogP contribution >= 0.6 is 0 Å². The van der Waals surface area contributed by atoms with E-state index in [-0.39, 0.29) is 67.8 Å². The summed E-state index contributed by atoms with van der Waals surface area (Å²) in [6.07, 6.45) is 9.59. The Balaban J connectivity index is 0.00000420. The molecule has 0 spiro atoms. The van der Waals surface area contributed by atoms with Crippen molar-refractivity contribution in [3.63, 3.8) is 0 Å². The number of hydrogen-bond acceptors (Lipinski definition) is 4. The third kappa shape index (κ3) is 9.51. The maximum absolute atomic E-state index is 12.4. The summed E-state index contributed by atoms with van der Waals surface area (Å²) in [5.74, 6) is -0.0396. The van der Waals surface area contributed by atoms with Crippen LogP contribution in [0.3, 0.4) is 0 Å². The number of aryl methyl sites for hydroxylation is 1. The van der Waals surface area contributed by atoms with Crippen LogP contribution in [0.4, 0.5) is 0 Å². The van der Waals surface area contributed by atoms with Crippen molar-refractivity contribution in [1.82, 2.24) is 0 Å². The van der Waals surface area contributed by atoms with Gasteiger partial charge in [0.15, 0.2) is 0 Å². The minimum Gasteiger partial charge on any atom is -0.872 e. The van der Waals surface area contributed by atoms with Gasteiger partial charge in [-0.1, -0.05) is 75.6 Å². The van der Waals surface area contributed by atoms with Gasteiger partial charge in [-0.3, -0.25) is 4.55 Å². The molecule has 0 heterocycles. The van der Waals surface area contributed by atoms with Crippen molar-refractivity contribution in [2.75, 3.05) is 0 Å². The first-order valence-corrected chi connectivity index (χ1v) is 11.4. The van der Waals surface area contributed by atoms with Crippen LogP contribution in [0, 0.1) is 0 Å². The molecule has 29 heavy (non-hydrogen) atoms. The Kier molecular flexibility index (Phi) is 12.7. The summed E-state index contributed by atoms with van der Waals surface area (Å²) in [7, 11) is -4.50. The van der Waals surface area contributed by atoms with Gasteiger partial charge in [0.25, 0.3) is 10.1 Å². The molecule has 0 atom stereocenters. The molecule has 0 fully saturated rings. The van der Waals surface area contributed by atoms with Crippen molar-refractivity contribution in [2.24, 2.45) is 0 Å². The minimum absolute atomic E-state index is 0. The maximum atomic E-state index is 12.4. The number of hydrogen-bond donors (Lipinski definition) is 1.